The fraction of sp³-hybridized carbons (Fsp3) is 0.263. The fourth-order valence-corrected chi connectivity index (χ4v) is 3.27. The highest BCUT2D eigenvalue weighted by molar-refractivity contribution is 5.97. The lowest BCUT2D eigenvalue weighted by Crippen LogP contribution is -2.37. The summed E-state index contributed by atoms with van der Waals surface area (Å²) in [6, 6.07) is 3.29. The molecule has 162 valence electrons. The van der Waals surface area contributed by atoms with Crippen LogP contribution in [0, 0.1) is 5.82 Å². The monoisotopic (exact) mass is 436 g/mol. The van der Waals surface area contributed by atoms with E-state index in [-0.39, 0.29) is 34.3 Å². The summed E-state index contributed by atoms with van der Waals surface area (Å²) in [5.74, 6) is -3.58. The Morgan fingerprint density at radius 1 is 1.26 bits per heavy atom. The van der Waals surface area contributed by atoms with Crippen LogP contribution in [0.15, 0.2) is 35.0 Å². The molecule has 12 heteroatoms. The van der Waals surface area contributed by atoms with E-state index in [2.05, 4.69) is 20.0 Å². The molecule has 3 heterocycles. The van der Waals surface area contributed by atoms with Crippen molar-refractivity contribution in [1.82, 2.24) is 15.3 Å². The molecule has 4 rings (SSSR count). The predicted molar refractivity (Wildman–Crippen MR) is 99.9 cm³/mol. The van der Waals surface area contributed by atoms with E-state index in [4.69, 9.17) is 9.52 Å². The smallest absolute Gasteiger partial charge is 0.387 e. The molecule has 2 N–H and O–H groups in total. The number of carbonyl (C=O) groups is 2. The number of carboxylic acids is 1. The van der Waals surface area contributed by atoms with Crippen molar-refractivity contribution in [3.63, 3.8) is 0 Å². The van der Waals surface area contributed by atoms with Crippen LogP contribution in [0.5, 0.6) is 5.75 Å². The number of nitrogens with zero attached hydrogens (tertiary/aromatic N) is 3. The number of aromatic nitrogens is 2. The van der Waals surface area contributed by atoms with E-state index in [1.807, 2.05) is 0 Å². The molecule has 1 aliphatic rings. The molecule has 0 radical (unpaired) electrons. The third-order valence-electron chi connectivity index (χ3n) is 4.71. The number of nitrogens with one attached hydrogen (secondary N) is 1. The molecule has 2 aromatic heterocycles. The number of carboxylic acid groups (broad SMARTS) is 1. The predicted octanol–water partition coefficient (Wildman–Crippen LogP) is 2.67. The summed E-state index contributed by atoms with van der Waals surface area (Å²) in [6.45, 7) is -2.32. The minimum atomic E-state index is -3.17. The third kappa shape index (κ3) is 4.37. The Bertz CT molecular complexity index is 1150. The molecular formula is C19H15F3N4O5. The van der Waals surface area contributed by atoms with Gasteiger partial charge in [-0.2, -0.15) is 8.78 Å². The van der Waals surface area contributed by atoms with Gasteiger partial charge in [0.2, 0.25) is 5.76 Å². The Kier molecular flexibility index (Phi) is 5.36. The molecule has 1 aromatic carbocycles. The maximum absolute atomic E-state index is 14.0. The summed E-state index contributed by atoms with van der Waals surface area (Å²) in [5.41, 5.74) is 0.357. The Labute approximate surface area is 172 Å². The number of ether oxygens (including phenoxy) is 1. The van der Waals surface area contributed by atoms with Gasteiger partial charge in [0.1, 0.15) is 0 Å². The molecule has 1 fully saturated rings. The number of hydrogen-bond donors (Lipinski definition) is 2. The number of rotatable bonds is 6. The number of oxazole rings is 1. The average Bonchev–Trinajstić information content (AvgIpc) is 3.37. The van der Waals surface area contributed by atoms with Crippen molar-refractivity contribution in [3.8, 4) is 5.75 Å². The van der Waals surface area contributed by atoms with Crippen LogP contribution < -0.4 is 15.0 Å². The fourth-order valence-electron chi connectivity index (χ4n) is 3.27. The van der Waals surface area contributed by atoms with Crippen LogP contribution in [0.3, 0.4) is 0 Å². The van der Waals surface area contributed by atoms with Gasteiger partial charge in [-0.3, -0.25) is 9.78 Å². The van der Waals surface area contributed by atoms with E-state index >= 15 is 0 Å². The molecule has 0 saturated carbocycles. The van der Waals surface area contributed by atoms with Crippen LogP contribution >= 0.6 is 0 Å². The molecular weight excluding hydrogens is 421 g/mol. The first-order valence-electron chi connectivity index (χ1n) is 9.09. The lowest BCUT2D eigenvalue weighted by Gasteiger charge is -2.15. The van der Waals surface area contributed by atoms with Gasteiger partial charge in [0.05, 0.1) is 17.3 Å². The number of anilines is 1. The van der Waals surface area contributed by atoms with E-state index in [1.54, 1.807) is 4.90 Å². The summed E-state index contributed by atoms with van der Waals surface area (Å²) in [5, 5.41) is 12.0. The van der Waals surface area contributed by atoms with Crippen LogP contribution in [0.2, 0.25) is 0 Å². The van der Waals surface area contributed by atoms with Crippen LogP contribution in [-0.4, -0.2) is 52.7 Å². The van der Waals surface area contributed by atoms with Gasteiger partial charge >= 0.3 is 12.6 Å². The Morgan fingerprint density at radius 3 is 2.77 bits per heavy atom. The Hall–Kier alpha value is -3.83. The first-order chi connectivity index (χ1) is 14.8. The highest BCUT2D eigenvalue weighted by Gasteiger charge is 2.28. The van der Waals surface area contributed by atoms with Gasteiger partial charge < -0.3 is 24.5 Å². The van der Waals surface area contributed by atoms with Gasteiger partial charge in [-0.15, -0.1) is 0 Å². The van der Waals surface area contributed by atoms with E-state index in [0.29, 0.717) is 19.5 Å². The van der Waals surface area contributed by atoms with Gasteiger partial charge in [0.15, 0.2) is 11.6 Å². The molecule has 0 aliphatic carbocycles. The number of amides is 1. The van der Waals surface area contributed by atoms with E-state index in [9.17, 15) is 22.8 Å². The van der Waals surface area contributed by atoms with Gasteiger partial charge in [-0.25, -0.2) is 14.2 Å². The molecule has 1 amide bonds. The average molecular weight is 436 g/mol. The molecule has 1 atom stereocenters. The quantitative estimate of drug-likeness (QED) is 0.606. The summed E-state index contributed by atoms with van der Waals surface area (Å²) >= 11 is 0. The van der Waals surface area contributed by atoms with Gasteiger partial charge in [0.25, 0.3) is 11.9 Å². The number of benzene rings is 1. The maximum atomic E-state index is 14.0. The third-order valence-corrected chi connectivity index (χ3v) is 4.71. The second-order valence-electron chi connectivity index (χ2n) is 6.80. The minimum absolute atomic E-state index is 0.152. The van der Waals surface area contributed by atoms with Gasteiger partial charge in [-0.1, -0.05) is 0 Å². The van der Waals surface area contributed by atoms with E-state index < -0.39 is 30.1 Å². The second-order valence-corrected chi connectivity index (χ2v) is 6.80. The number of alkyl halides is 2. The number of hydrogen-bond acceptors (Lipinski definition) is 7. The lowest BCUT2D eigenvalue weighted by atomic mass is 10.1. The van der Waals surface area contributed by atoms with Crippen molar-refractivity contribution >= 4 is 28.8 Å². The summed E-state index contributed by atoms with van der Waals surface area (Å²) in [7, 11) is 0. The Balaban J connectivity index is 1.44. The largest absolute Gasteiger partial charge is 0.475 e. The number of pyridine rings is 1. The van der Waals surface area contributed by atoms with Crippen LogP contribution in [0.4, 0.5) is 19.2 Å². The first kappa shape index (κ1) is 20.4. The maximum Gasteiger partial charge on any atom is 0.387 e. The molecule has 3 aromatic rings. The van der Waals surface area contributed by atoms with Gasteiger partial charge in [-0.05, 0) is 18.6 Å². The molecule has 1 saturated heterocycles. The lowest BCUT2D eigenvalue weighted by molar-refractivity contribution is -0.0520. The van der Waals surface area contributed by atoms with Crippen LogP contribution in [-0.2, 0) is 0 Å². The molecule has 31 heavy (non-hydrogen) atoms. The van der Waals surface area contributed by atoms with Gasteiger partial charge in [0, 0.05) is 36.8 Å². The summed E-state index contributed by atoms with van der Waals surface area (Å²) in [6.07, 6.45) is 2.93. The number of fused-ring (bicyclic) bond motifs is 1. The van der Waals surface area contributed by atoms with Crippen molar-refractivity contribution in [2.24, 2.45) is 0 Å². The standard InChI is InChI=1S/C19H15F3N4O5/c20-12-4-9-3-10(6-23-13(9)5-14(12)30-18(21)22)16(27)25-11-1-2-26(8-11)19-24-7-15(31-19)17(28)29/h3-7,11,18H,1-2,8H2,(H,25,27)(H,28,29)/t11-/m0/s1. The van der Waals surface area contributed by atoms with Crippen molar-refractivity contribution < 1.29 is 37.0 Å². The zero-order valence-corrected chi connectivity index (χ0v) is 15.7. The topological polar surface area (TPSA) is 118 Å². The summed E-state index contributed by atoms with van der Waals surface area (Å²) in [4.78, 5) is 33.1. The van der Waals surface area contributed by atoms with Crippen molar-refractivity contribution in [2.75, 3.05) is 18.0 Å². The minimum Gasteiger partial charge on any atom is -0.475 e. The van der Waals surface area contributed by atoms with E-state index in [0.717, 1.165) is 18.3 Å². The molecule has 0 spiro atoms. The number of halogens is 3. The highest BCUT2D eigenvalue weighted by atomic mass is 19.3. The van der Waals surface area contributed by atoms with Crippen molar-refractivity contribution in [3.05, 3.63) is 47.7 Å². The number of carbonyl (C=O) groups excluding carboxylic acids is 1. The first-order valence-corrected chi connectivity index (χ1v) is 9.09. The van der Waals surface area contributed by atoms with Crippen LogP contribution in [0.25, 0.3) is 10.9 Å². The second kappa shape index (κ2) is 8.13. The highest BCUT2D eigenvalue weighted by Crippen LogP contribution is 2.26. The zero-order chi connectivity index (χ0) is 22.1. The van der Waals surface area contributed by atoms with Crippen LogP contribution in [0.1, 0.15) is 27.3 Å². The van der Waals surface area contributed by atoms with Crippen molar-refractivity contribution in [1.29, 1.82) is 0 Å². The number of aromatic carboxylic acids is 1. The normalized spacial score (nSPS) is 16.1. The molecule has 9 nitrogen and oxygen atoms in total. The summed E-state index contributed by atoms with van der Waals surface area (Å²) < 4.78 is 47.9. The van der Waals surface area contributed by atoms with E-state index in [1.165, 1.54) is 12.3 Å². The van der Waals surface area contributed by atoms with Crippen molar-refractivity contribution in [2.45, 2.75) is 19.1 Å². The Morgan fingerprint density at radius 2 is 2.06 bits per heavy atom. The molecule has 0 unspecified atom stereocenters. The SMILES string of the molecule is O=C(N[C@H]1CCN(c2ncc(C(=O)O)o2)C1)c1cnc2cc(OC(F)F)c(F)cc2c1. The molecule has 0 bridgehead atoms. The molecule has 1 aliphatic heterocycles. The zero-order valence-electron chi connectivity index (χ0n) is 15.7.